The Labute approximate surface area is 85.4 Å². The van der Waals surface area contributed by atoms with Crippen molar-refractivity contribution in [1.29, 1.82) is 0 Å². The number of aliphatic hydroxyl groups is 1. The summed E-state index contributed by atoms with van der Waals surface area (Å²) in [4.78, 5) is 0. The zero-order valence-electron chi connectivity index (χ0n) is 6.98. The average Bonchev–Trinajstić information content (AvgIpc) is 1.61. The first-order valence-corrected chi connectivity index (χ1v) is 2.52. The van der Waals surface area contributed by atoms with Gasteiger partial charge in [-0.25, -0.2) is 0 Å². The molecule has 0 unspecified atom stereocenters. The fourth-order valence-electron chi connectivity index (χ4n) is 0.362. The SMILES string of the molecule is CCCCCO.[H-].[H-].[Sr+2]. The van der Waals surface area contributed by atoms with Crippen LogP contribution in [-0.4, -0.2) is 57.2 Å². The maximum Gasteiger partial charge on any atom is 2.00 e. The number of hydrogen-bond acceptors (Lipinski definition) is 1. The third kappa shape index (κ3) is 11.2. The van der Waals surface area contributed by atoms with Crippen molar-refractivity contribution in [2.45, 2.75) is 26.2 Å². The molecule has 42 valence electrons. The van der Waals surface area contributed by atoms with Crippen LogP contribution in [0.4, 0.5) is 0 Å². The molecule has 1 N–H and O–H groups in total. The minimum atomic E-state index is 0. The van der Waals surface area contributed by atoms with Gasteiger partial charge in [-0.1, -0.05) is 19.8 Å². The fourth-order valence-corrected chi connectivity index (χ4v) is 0.362. The van der Waals surface area contributed by atoms with Crippen molar-refractivity contribution >= 4 is 45.5 Å². The molecule has 0 aromatic rings. The predicted octanol–water partition coefficient (Wildman–Crippen LogP) is 1.01. The standard InChI is InChI=1S/C5H12O.Sr.2H/c1-2-3-4-5-6;;;/h6H,2-5H2,1H3;;;/q;+2;2*-1. The molecule has 0 aliphatic rings. The van der Waals surface area contributed by atoms with Gasteiger partial charge in [-0.3, -0.25) is 0 Å². The minimum Gasteiger partial charge on any atom is -1.00 e. The molecule has 0 spiro atoms. The largest absolute Gasteiger partial charge is 2.00 e. The Morgan fingerprint density at radius 1 is 1.43 bits per heavy atom. The topological polar surface area (TPSA) is 20.2 Å². The maximum absolute atomic E-state index is 8.20. The monoisotopic (exact) mass is 178 g/mol. The van der Waals surface area contributed by atoms with Crippen LogP contribution < -0.4 is 0 Å². The molecule has 7 heavy (non-hydrogen) atoms. The molecule has 0 heterocycles. The molecular weight excluding hydrogens is 164 g/mol. The fraction of sp³-hybridized carbons (Fsp3) is 1.00. The Morgan fingerprint density at radius 2 is 2.00 bits per heavy atom. The summed E-state index contributed by atoms with van der Waals surface area (Å²) in [6.07, 6.45) is 3.33. The molecule has 0 fully saturated rings. The smallest absolute Gasteiger partial charge is 1.00 e. The molecule has 1 nitrogen and oxygen atoms in total. The van der Waals surface area contributed by atoms with Gasteiger partial charge < -0.3 is 7.96 Å². The maximum atomic E-state index is 8.20. The van der Waals surface area contributed by atoms with Crippen LogP contribution in [0.25, 0.3) is 0 Å². The number of unbranched alkanes of at least 4 members (excludes halogenated alkanes) is 2. The van der Waals surface area contributed by atoms with E-state index in [1.54, 1.807) is 0 Å². The van der Waals surface area contributed by atoms with Crippen molar-refractivity contribution in [2.75, 3.05) is 6.61 Å². The number of rotatable bonds is 3. The normalized spacial score (nSPS) is 7.71. The Kier molecular flexibility index (Phi) is 16.8. The molecule has 0 aromatic heterocycles. The molecule has 0 aliphatic heterocycles. The van der Waals surface area contributed by atoms with E-state index in [9.17, 15) is 0 Å². The molecule has 0 aliphatic carbocycles. The number of hydrogen-bond donors (Lipinski definition) is 1. The number of aliphatic hydroxyl groups excluding tert-OH is 1. The van der Waals surface area contributed by atoms with Crippen LogP contribution in [0.2, 0.25) is 0 Å². The van der Waals surface area contributed by atoms with E-state index in [1.807, 2.05) is 0 Å². The van der Waals surface area contributed by atoms with Gasteiger partial charge in [0.2, 0.25) is 0 Å². The first-order valence-electron chi connectivity index (χ1n) is 2.52. The Balaban J connectivity index is -0.0000000417. The zero-order chi connectivity index (χ0) is 4.83. The van der Waals surface area contributed by atoms with Crippen LogP contribution >= 0.6 is 0 Å². The van der Waals surface area contributed by atoms with Crippen LogP contribution in [0.5, 0.6) is 0 Å². The second-order valence-corrected chi connectivity index (χ2v) is 1.43. The summed E-state index contributed by atoms with van der Waals surface area (Å²) >= 11 is 0. The van der Waals surface area contributed by atoms with Crippen molar-refractivity contribution in [1.82, 2.24) is 0 Å². The van der Waals surface area contributed by atoms with E-state index in [0.717, 1.165) is 12.8 Å². The Bertz CT molecular complexity index is 26.9. The summed E-state index contributed by atoms with van der Waals surface area (Å²) in [5.41, 5.74) is 0. The zero-order valence-corrected chi connectivity index (χ0v) is 8.46. The molecule has 0 radical (unpaired) electrons. The second kappa shape index (κ2) is 10.4. The van der Waals surface area contributed by atoms with E-state index in [2.05, 4.69) is 6.92 Å². The van der Waals surface area contributed by atoms with Gasteiger partial charge in [-0.15, -0.1) is 0 Å². The third-order valence-corrected chi connectivity index (χ3v) is 0.762. The molecule has 0 saturated carbocycles. The van der Waals surface area contributed by atoms with E-state index >= 15 is 0 Å². The summed E-state index contributed by atoms with van der Waals surface area (Å²) in [5, 5.41) is 8.20. The summed E-state index contributed by atoms with van der Waals surface area (Å²) in [5.74, 6) is 0. The van der Waals surface area contributed by atoms with Gasteiger partial charge >= 0.3 is 45.5 Å². The molecule has 0 saturated heterocycles. The molecular formula is C5H14OSr. The van der Waals surface area contributed by atoms with E-state index in [-0.39, 0.29) is 48.3 Å². The van der Waals surface area contributed by atoms with Crippen LogP contribution in [0, 0.1) is 0 Å². The quantitative estimate of drug-likeness (QED) is 0.504. The summed E-state index contributed by atoms with van der Waals surface area (Å²) in [6.45, 7) is 2.48. The van der Waals surface area contributed by atoms with Crippen LogP contribution in [0.3, 0.4) is 0 Å². The molecule has 2 heteroatoms. The second-order valence-electron chi connectivity index (χ2n) is 1.43. The van der Waals surface area contributed by atoms with Gasteiger partial charge in [0, 0.05) is 6.61 Å². The summed E-state index contributed by atoms with van der Waals surface area (Å²) < 4.78 is 0. The first-order chi connectivity index (χ1) is 2.91. The van der Waals surface area contributed by atoms with Crippen molar-refractivity contribution in [2.24, 2.45) is 0 Å². The Hall–Kier alpha value is 1.44. The van der Waals surface area contributed by atoms with Crippen molar-refractivity contribution in [3.8, 4) is 0 Å². The average molecular weight is 178 g/mol. The van der Waals surface area contributed by atoms with Gasteiger partial charge in [0.1, 0.15) is 0 Å². The molecule has 0 atom stereocenters. The summed E-state index contributed by atoms with van der Waals surface area (Å²) in [6, 6.07) is 0. The van der Waals surface area contributed by atoms with E-state index < -0.39 is 0 Å². The van der Waals surface area contributed by atoms with Crippen molar-refractivity contribution < 1.29 is 7.96 Å². The molecule has 0 aromatic carbocycles. The van der Waals surface area contributed by atoms with E-state index in [0.29, 0.717) is 6.61 Å². The van der Waals surface area contributed by atoms with Gasteiger partial charge in [0.05, 0.1) is 0 Å². The Morgan fingerprint density at radius 3 is 2.14 bits per heavy atom. The molecule has 0 rings (SSSR count). The van der Waals surface area contributed by atoms with Gasteiger partial charge in [0.25, 0.3) is 0 Å². The third-order valence-electron chi connectivity index (χ3n) is 0.762. The van der Waals surface area contributed by atoms with Crippen LogP contribution in [0.1, 0.15) is 29.0 Å². The minimum absolute atomic E-state index is 0. The van der Waals surface area contributed by atoms with Gasteiger partial charge in [-0.05, 0) is 6.42 Å². The van der Waals surface area contributed by atoms with Gasteiger partial charge in [0.15, 0.2) is 0 Å². The van der Waals surface area contributed by atoms with Gasteiger partial charge in [-0.2, -0.15) is 0 Å². The van der Waals surface area contributed by atoms with Crippen LogP contribution in [-0.2, 0) is 0 Å². The first kappa shape index (κ1) is 11.3. The molecule has 0 amide bonds. The van der Waals surface area contributed by atoms with Crippen molar-refractivity contribution in [3.05, 3.63) is 0 Å². The predicted molar refractivity (Wildman–Crippen MR) is 34.6 cm³/mol. The van der Waals surface area contributed by atoms with Crippen molar-refractivity contribution in [3.63, 3.8) is 0 Å². The summed E-state index contributed by atoms with van der Waals surface area (Å²) in [7, 11) is 0. The van der Waals surface area contributed by atoms with Crippen LogP contribution in [0.15, 0.2) is 0 Å². The molecule has 0 bridgehead atoms. The van der Waals surface area contributed by atoms with E-state index in [4.69, 9.17) is 5.11 Å². The van der Waals surface area contributed by atoms with E-state index in [1.165, 1.54) is 6.42 Å².